The molecule has 5 nitrogen and oxygen atoms in total. The van der Waals surface area contributed by atoms with Gasteiger partial charge in [-0.2, -0.15) is 11.8 Å². The van der Waals surface area contributed by atoms with E-state index >= 15 is 0 Å². The third-order valence-electron chi connectivity index (χ3n) is 3.43. The number of aromatic nitrogens is 2. The second kappa shape index (κ2) is 7.79. The van der Waals surface area contributed by atoms with Gasteiger partial charge in [-0.1, -0.05) is 30.3 Å². The molecule has 2 N–H and O–H groups in total. The number of hydrogen-bond donors (Lipinski definition) is 2. The van der Waals surface area contributed by atoms with Crippen LogP contribution in [0.1, 0.15) is 12.2 Å². The Morgan fingerprint density at radius 3 is 2.67 bits per heavy atom. The Morgan fingerprint density at radius 1 is 1.08 bits per heavy atom. The Morgan fingerprint density at radius 2 is 1.83 bits per heavy atom. The molecule has 1 aromatic heterocycles. The van der Waals surface area contributed by atoms with Crippen molar-refractivity contribution in [3.63, 3.8) is 0 Å². The maximum absolute atomic E-state index is 12.0. The topological polar surface area (TPSA) is 74.8 Å². The molecule has 1 amide bonds. The number of para-hydroxylation sites is 2. The molecule has 1 heterocycles. The lowest BCUT2D eigenvalue weighted by Gasteiger charge is -2.05. The summed E-state index contributed by atoms with van der Waals surface area (Å²) in [5.41, 5.74) is 1.37. The number of amides is 1. The molecule has 0 aliphatic heterocycles. The van der Waals surface area contributed by atoms with E-state index in [4.69, 9.17) is 0 Å². The fraction of sp³-hybridized carbons (Fsp3) is 0.167. The molecule has 122 valence electrons. The van der Waals surface area contributed by atoms with Crippen molar-refractivity contribution in [1.82, 2.24) is 9.97 Å². The molecule has 0 aliphatic rings. The van der Waals surface area contributed by atoms with E-state index in [1.165, 1.54) is 0 Å². The van der Waals surface area contributed by atoms with Gasteiger partial charge in [-0.3, -0.25) is 9.59 Å². The zero-order chi connectivity index (χ0) is 16.8. The molecular weight excluding hydrogens is 322 g/mol. The van der Waals surface area contributed by atoms with E-state index in [0.29, 0.717) is 34.7 Å². The number of aromatic amines is 1. The van der Waals surface area contributed by atoms with Crippen LogP contribution in [0.25, 0.3) is 10.9 Å². The van der Waals surface area contributed by atoms with E-state index in [9.17, 15) is 9.59 Å². The number of benzene rings is 2. The lowest BCUT2D eigenvalue weighted by molar-refractivity contribution is -0.115. The fourth-order valence-electron chi connectivity index (χ4n) is 2.28. The minimum Gasteiger partial charge on any atom is -0.326 e. The van der Waals surface area contributed by atoms with E-state index < -0.39 is 0 Å². The lowest BCUT2D eigenvalue weighted by atomic mass is 10.2. The lowest BCUT2D eigenvalue weighted by Crippen LogP contribution is -2.13. The van der Waals surface area contributed by atoms with E-state index in [-0.39, 0.29) is 11.5 Å². The number of carbonyl (C=O) groups is 1. The third kappa shape index (κ3) is 4.23. The molecule has 0 bridgehead atoms. The molecule has 3 aromatic rings. The van der Waals surface area contributed by atoms with Crippen molar-refractivity contribution in [2.24, 2.45) is 0 Å². The molecular formula is C18H17N3O2S. The van der Waals surface area contributed by atoms with Gasteiger partial charge < -0.3 is 10.3 Å². The summed E-state index contributed by atoms with van der Waals surface area (Å²) < 4.78 is 0. The Balaban J connectivity index is 1.50. The zero-order valence-corrected chi connectivity index (χ0v) is 13.8. The van der Waals surface area contributed by atoms with Crippen LogP contribution in [-0.2, 0) is 10.5 Å². The van der Waals surface area contributed by atoms with Gasteiger partial charge in [0.05, 0.1) is 16.7 Å². The number of anilines is 1. The standard InChI is InChI=1S/C18H17N3O2S/c22-17(19-13-6-2-1-3-7-13)10-11-24-12-16-20-15-9-5-4-8-14(15)18(23)21-16/h1-9H,10-12H2,(H,19,22)(H,20,21,23). The van der Waals surface area contributed by atoms with Crippen LogP contribution in [0.5, 0.6) is 0 Å². The summed E-state index contributed by atoms with van der Waals surface area (Å²) in [5.74, 6) is 1.84. The third-order valence-corrected chi connectivity index (χ3v) is 4.40. The molecule has 0 atom stereocenters. The molecule has 0 saturated heterocycles. The molecule has 0 saturated carbocycles. The van der Waals surface area contributed by atoms with Gasteiger partial charge >= 0.3 is 0 Å². The minimum atomic E-state index is -0.127. The van der Waals surface area contributed by atoms with Crippen molar-refractivity contribution >= 4 is 34.3 Å². The highest BCUT2D eigenvalue weighted by atomic mass is 32.2. The Bertz CT molecular complexity index is 893. The van der Waals surface area contributed by atoms with Gasteiger partial charge in [0.25, 0.3) is 5.56 Å². The number of hydrogen-bond acceptors (Lipinski definition) is 4. The molecule has 3 rings (SSSR count). The summed E-state index contributed by atoms with van der Waals surface area (Å²) in [6, 6.07) is 16.6. The number of rotatable bonds is 6. The van der Waals surface area contributed by atoms with E-state index in [1.54, 1.807) is 17.8 Å². The number of nitrogens with zero attached hydrogens (tertiary/aromatic N) is 1. The van der Waals surface area contributed by atoms with E-state index in [1.807, 2.05) is 48.5 Å². The number of thioether (sulfide) groups is 1. The van der Waals surface area contributed by atoms with Gasteiger partial charge in [0.2, 0.25) is 5.91 Å². The predicted octanol–water partition coefficient (Wildman–Crippen LogP) is 3.19. The van der Waals surface area contributed by atoms with Crippen LogP contribution in [0.4, 0.5) is 5.69 Å². The van der Waals surface area contributed by atoms with Gasteiger partial charge in [-0.15, -0.1) is 0 Å². The highest BCUT2D eigenvalue weighted by molar-refractivity contribution is 7.98. The van der Waals surface area contributed by atoms with Gasteiger partial charge in [-0.05, 0) is 24.3 Å². The van der Waals surface area contributed by atoms with Gasteiger partial charge in [0.15, 0.2) is 0 Å². The smallest absolute Gasteiger partial charge is 0.258 e. The van der Waals surface area contributed by atoms with Crippen molar-refractivity contribution in [3.05, 3.63) is 70.8 Å². The van der Waals surface area contributed by atoms with Crippen LogP contribution < -0.4 is 10.9 Å². The van der Waals surface area contributed by atoms with E-state index in [0.717, 1.165) is 5.69 Å². The predicted molar refractivity (Wildman–Crippen MR) is 98.2 cm³/mol. The molecule has 6 heteroatoms. The first-order valence-corrected chi connectivity index (χ1v) is 8.78. The molecule has 0 fully saturated rings. The van der Waals surface area contributed by atoms with Crippen molar-refractivity contribution in [1.29, 1.82) is 0 Å². The summed E-state index contributed by atoms with van der Waals surface area (Å²) in [6.45, 7) is 0. The van der Waals surface area contributed by atoms with Crippen LogP contribution >= 0.6 is 11.8 Å². The summed E-state index contributed by atoms with van der Waals surface area (Å²) in [4.78, 5) is 31.1. The minimum absolute atomic E-state index is 0.0198. The first-order valence-electron chi connectivity index (χ1n) is 7.63. The van der Waals surface area contributed by atoms with Gasteiger partial charge in [0.1, 0.15) is 5.82 Å². The number of carbonyl (C=O) groups excluding carboxylic acids is 1. The quantitative estimate of drug-likeness (QED) is 0.676. The maximum Gasteiger partial charge on any atom is 0.258 e. The Labute approximate surface area is 143 Å². The largest absolute Gasteiger partial charge is 0.326 e. The zero-order valence-electron chi connectivity index (χ0n) is 13.0. The highest BCUT2D eigenvalue weighted by Crippen LogP contribution is 2.13. The summed E-state index contributed by atoms with van der Waals surface area (Å²) in [5, 5.41) is 3.44. The van der Waals surface area contributed by atoms with Crippen molar-refractivity contribution in [3.8, 4) is 0 Å². The van der Waals surface area contributed by atoms with Crippen molar-refractivity contribution < 1.29 is 4.79 Å². The van der Waals surface area contributed by atoms with Gasteiger partial charge in [0, 0.05) is 17.9 Å². The van der Waals surface area contributed by atoms with Crippen LogP contribution in [-0.4, -0.2) is 21.6 Å². The number of nitrogens with one attached hydrogen (secondary N) is 2. The molecule has 0 aliphatic carbocycles. The monoisotopic (exact) mass is 339 g/mol. The van der Waals surface area contributed by atoms with Crippen molar-refractivity contribution in [2.75, 3.05) is 11.1 Å². The number of H-pyrrole nitrogens is 1. The summed E-state index contributed by atoms with van der Waals surface area (Å²) in [7, 11) is 0. The summed E-state index contributed by atoms with van der Waals surface area (Å²) in [6.07, 6.45) is 0.414. The summed E-state index contributed by atoms with van der Waals surface area (Å²) >= 11 is 1.57. The van der Waals surface area contributed by atoms with Crippen LogP contribution in [0, 0.1) is 0 Å². The highest BCUT2D eigenvalue weighted by Gasteiger charge is 2.05. The second-order valence-corrected chi connectivity index (χ2v) is 6.35. The van der Waals surface area contributed by atoms with Crippen LogP contribution in [0.15, 0.2) is 59.4 Å². The van der Waals surface area contributed by atoms with Gasteiger partial charge in [-0.25, -0.2) is 4.98 Å². The molecule has 0 unspecified atom stereocenters. The Kier molecular flexibility index (Phi) is 5.28. The second-order valence-electron chi connectivity index (χ2n) is 5.25. The molecule has 0 radical (unpaired) electrons. The van der Waals surface area contributed by atoms with Crippen molar-refractivity contribution in [2.45, 2.75) is 12.2 Å². The average Bonchev–Trinajstić information content (AvgIpc) is 2.60. The average molecular weight is 339 g/mol. The normalized spacial score (nSPS) is 10.7. The number of fused-ring (bicyclic) bond motifs is 1. The molecule has 24 heavy (non-hydrogen) atoms. The first kappa shape index (κ1) is 16.3. The first-order chi connectivity index (χ1) is 11.7. The molecule has 0 spiro atoms. The maximum atomic E-state index is 12.0. The van der Waals surface area contributed by atoms with Crippen LogP contribution in [0.2, 0.25) is 0 Å². The fourth-order valence-corrected chi connectivity index (χ4v) is 3.09. The van der Waals surface area contributed by atoms with E-state index in [2.05, 4.69) is 15.3 Å². The van der Waals surface area contributed by atoms with Crippen LogP contribution in [0.3, 0.4) is 0 Å². The molecule has 2 aromatic carbocycles. The Hall–Kier alpha value is -2.60. The SMILES string of the molecule is O=C(CCSCc1nc2ccccc2c(=O)[nH]1)Nc1ccccc1.